The lowest BCUT2D eigenvalue weighted by atomic mass is 9.99. The molecule has 0 saturated heterocycles. The van der Waals surface area contributed by atoms with Crippen LogP contribution in [0.5, 0.6) is 5.75 Å². The van der Waals surface area contributed by atoms with E-state index < -0.39 is 29.7 Å². The predicted molar refractivity (Wildman–Crippen MR) is 140 cm³/mol. The molecule has 1 aromatic heterocycles. The van der Waals surface area contributed by atoms with E-state index in [4.69, 9.17) is 9.47 Å². The van der Waals surface area contributed by atoms with Gasteiger partial charge in [0.15, 0.2) is 0 Å². The largest absolute Gasteiger partial charge is 0.496 e. The quantitative estimate of drug-likeness (QED) is 0.250. The molecule has 0 bridgehead atoms. The number of carbonyl (C=O) groups excluding carboxylic acids is 3. The topological polar surface area (TPSA) is 103 Å². The number of ether oxygens (including phenoxy) is 3. The van der Waals surface area contributed by atoms with Crippen molar-refractivity contribution in [3.8, 4) is 16.9 Å². The number of alkyl halides is 3. The van der Waals surface area contributed by atoms with Crippen LogP contribution in [0.25, 0.3) is 11.1 Å². The molecular weight excluding hydrogens is 537 g/mol. The van der Waals surface area contributed by atoms with Gasteiger partial charge in [-0.15, -0.1) is 11.3 Å². The minimum atomic E-state index is -5.42. The van der Waals surface area contributed by atoms with Gasteiger partial charge in [0, 0.05) is 10.4 Å². The van der Waals surface area contributed by atoms with Crippen molar-refractivity contribution in [3.05, 3.63) is 70.6 Å². The zero-order valence-electron chi connectivity index (χ0n) is 21.6. The average molecular weight is 565 g/mol. The summed E-state index contributed by atoms with van der Waals surface area (Å²) in [6, 6.07) is 14.2. The number of aryl methyl sites for hydroxylation is 1. The number of thiophene rings is 1. The Hall–Kier alpha value is -4.06. The Kier molecular flexibility index (Phi) is 9.23. The van der Waals surface area contributed by atoms with Crippen molar-refractivity contribution in [2.24, 2.45) is 0 Å². The summed E-state index contributed by atoms with van der Waals surface area (Å²) in [6.45, 7) is 3.29. The first kappa shape index (κ1) is 29.5. The Morgan fingerprint density at radius 2 is 1.59 bits per heavy atom. The Bertz CT molecular complexity index is 1340. The molecule has 3 rings (SSSR count). The third kappa shape index (κ3) is 5.85. The van der Waals surface area contributed by atoms with Gasteiger partial charge < -0.3 is 24.8 Å². The van der Waals surface area contributed by atoms with Crippen LogP contribution in [0.4, 0.5) is 18.2 Å². The maximum absolute atomic E-state index is 14.8. The number of hydrogen-bond donors (Lipinski definition) is 2. The van der Waals surface area contributed by atoms with Gasteiger partial charge in [0.05, 0.1) is 26.4 Å². The van der Waals surface area contributed by atoms with Gasteiger partial charge in [0.2, 0.25) is 0 Å². The van der Waals surface area contributed by atoms with Crippen molar-refractivity contribution in [3.63, 3.8) is 0 Å². The summed E-state index contributed by atoms with van der Waals surface area (Å²) in [7, 11) is 2.00. The molecule has 2 N–H and O–H groups in total. The van der Waals surface area contributed by atoms with Crippen molar-refractivity contribution >= 4 is 34.2 Å². The number of benzene rings is 2. The highest BCUT2D eigenvalue weighted by molar-refractivity contribution is 7.17. The molecule has 0 radical (unpaired) electrons. The van der Waals surface area contributed by atoms with Gasteiger partial charge >= 0.3 is 23.8 Å². The third-order valence-electron chi connectivity index (χ3n) is 5.71. The normalized spacial score (nSPS) is 12.7. The van der Waals surface area contributed by atoms with Crippen LogP contribution >= 0.6 is 11.3 Å². The van der Waals surface area contributed by atoms with Crippen molar-refractivity contribution < 1.29 is 41.8 Å². The second-order valence-corrected chi connectivity index (χ2v) is 9.17. The van der Waals surface area contributed by atoms with E-state index >= 15 is 0 Å². The standard InChI is InChI=1S/C27H27F3N2O6S/c1-5-19-20(16-12-8-7-9-13-16)21(24(34)38-6-2)23(39-19)32-26(25(35)37-4,27(28,29)30)31-22(33)17-14-10-11-15-18(17)36-3/h7-15,32H,5-6H2,1-4H3,(H,31,33)/t26-/m1/s1. The van der Waals surface area contributed by atoms with E-state index in [1.54, 1.807) is 49.5 Å². The molecular formula is C27H27F3N2O6S. The van der Waals surface area contributed by atoms with Gasteiger partial charge in [-0.25, -0.2) is 9.59 Å². The zero-order valence-corrected chi connectivity index (χ0v) is 22.4. The number of anilines is 1. The first-order chi connectivity index (χ1) is 18.5. The molecule has 12 heteroatoms. The molecule has 2 aromatic carbocycles. The fraction of sp³-hybridized carbons (Fsp3) is 0.296. The van der Waals surface area contributed by atoms with E-state index in [1.807, 2.05) is 0 Å². The van der Waals surface area contributed by atoms with E-state index in [9.17, 15) is 27.6 Å². The molecule has 0 aliphatic rings. The number of carbonyl (C=O) groups is 3. The average Bonchev–Trinajstić information content (AvgIpc) is 3.30. The van der Waals surface area contributed by atoms with Gasteiger partial charge in [-0.3, -0.25) is 4.79 Å². The second kappa shape index (κ2) is 12.2. The molecule has 0 aliphatic heterocycles. The van der Waals surface area contributed by atoms with Gasteiger partial charge in [-0.1, -0.05) is 49.4 Å². The Labute approximate surface area is 227 Å². The van der Waals surface area contributed by atoms with Crippen molar-refractivity contribution in [2.45, 2.75) is 32.1 Å². The number of rotatable bonds is 10. The Balaban J connectivity index is 2.26. The summed E-state index contributed by atoms with van der Waals surface area (Å²) in [5.74, 6) is -4.03. The summed E-state index contributed by atoms with van der Waals surface area (Å²) in [5.41, 5.74) is -3.30. The molecule has 208 valence electrons. The summed E-state index contributed by atoms with van der Waals surface area (Å²) in [6.07, 6.45) is -5.07. The maximum Gasteiger partial charge on any atom is 0.441 e. The molecule has 8 nitrogen and oxygen atoms in total. The molecule has 0 spiro atoms. The van der Waals surface area contributed by atoms with Crippen molar-refractivity contribution in [1.29, 1.82) is 0 Å². The highest BCUT2D eigenvalue weighted by atomic mass is 32.1. The summed E-state index contributed by atoms with van der Waals surface area (Å²) in [4.78, 5) is 39.7. The number of esters is 2. The summed E-state index contributed by atoms with van der Waals surface area (Å²) in [5, 5.41) is 3.58. The summed E-state index contributed by atoms with van der Waals surface area (Å²) >= 11 is 0.841. The SMILES string of the molecule is CCOC(=O)c1c(N[C@](NC(=O)c2ccccc2OC)(C(=O)OC)C(F)(F)F)sc(CC)c1-c1ccccc1. The monoisotopic (exact) mass is 564 g/mol. The lowest BCUT2D eigenvalue weighted by Crippen LogP contribution is -2.69. The van der Waals surface area contributed by atoms with Crippen molar-refractivity contribution in [1.82, 2.24) is 5.32 Å². The smallest absolute Gasteiger partial charge is 0.441 e. The van der Waals surface area contributed by atoms with Crippen LogP contribution in [0, 0.1) is 0 Å². The fourth-order valence-corrected chi connectivity index (χ4v) is 5.11. The number of halogens is 3. The van der Waals surface area contributed by atoms with Gasteiger partial charge in [-0.05, 0) is 31.0 Å². The van der Waals surface area contributed by atoms with E-state index in [-0.39, 0.29) is 28.5 Å². The van der Waals surface area contributed by atoms with E-state index in [0.717, 1.165) is 18.4 Å². The first-order valence-corrected chi connectivity index (χ1v) is 12.6. The molecule has 1 amide bonds. The molecule has 0 fully saturated rings. The number of nitrogens with one attached hydrogen (secondary N) is 2. The van der Waals surface area contributed by atoms with Crippen LogP contribution < -0.4 is 15.4 Å². The number of methoxy groups -OCH3 is 2. The fourth-order valence-electron chi connectivity index (χ4n) is 3.91. The minimum Gasteiger partial charge on any atom is -0.496 e. The number of para-hydroxylation sites is 1. The van der Waals surface area contributed by atoms with E-state index in [0.29, 0.717) is 22.4 Å². The Morgan fingerprint density at radius 3 is 2.15 bits per heavy atom. The number of hydrogen-bond acceptors (Lipinski definition) is 8. The predicted octanol–water partition coefficient (Wildman–Crippen LogP) is 5.44. The van der Waals surface area contributed by atoms with Gasteiger partial charge in [-0.2, -0.15) is 13.2 Å². The van der Waals surface area contributed by atoms with Gasteiger partial charge in [0.25, 0.3) is 5.91 Å². The zero-order chi connectivity index (χ0) is 28.8. The van der Waals surface area contributed by atoms with E-state index in [1.165, 1.54) is 31.4 Å². The van der Waals surface area contributed by atoms with Crippen molar-refractivity contribution in [2.75, 3.05) is 26.1 Å². The molecule has 3 aromatic rings. The van der Waals surface area contributed by atoms with Crippen LogP contribution in [0.1, 0.15) is 39.4 Å². The highest BCUT2D eigenvalue weighted by Gasteiger charge is 2.64. The van der Waals surface area contributed by atoms with E-state index in [2.05, 4.69) is 10.1 Å². The molecule has 0 unspecified atom stereocenters. The molecule has 1 atom stereocenters. The van der Waals surface area contributed by atoms with Gasteiger partial charge in [0.1, 0.15) is 16.3 Å². The molecule has 0 saturated carbocycles. The minimum absolute atomic E-state index is 0.0149. The van der Waals surface area contributed by atoms with Crippen LogP contribution in [0.3, 0.4) is 0 Å². The Morgan fingerprint density at radius 1 is 0.949 bits per heavy atom. The summed E-state index contributed by atoms with van der Waals surface area (Å²) < 4.78 is 59.3. The lowest BCUT2D eigenvalue weighted by Gasteiger charge is -2.35. The first-order valence-electron chi connectivity index (χ1n) is 11.8. The van der Waals surface area contributed by atoms with Crippen LogP contribution in [0.2, 0.25) is 0 Å². The number of amides is 1. The lowest BCUT2D eigenvalue weighted by molar-refractivity contribution is -0.203. The molecule has 39 heavy (non-hydrogen) atoms. The van der Waals surface area contributed by atoms with Crippen LogP contribution in [-0.4, -0.2) is 50.5 Å². The second-order valence-electron chi connectivity index (χ2n) is 8.06. The molecule has 1 heterocycles. The maximum atomic E-state index is 14.8. The third-order valence-corrected chi connectivity index (χ3v) is 6.96. The molecule has 0 aliphatic carbocycles. The highest BCUT2D eigenvalue weighted by Crippen LogP contribution is 2.44. The van der Waals surface area contributed by atoms with Crippen LogP contribution in [0.15, 0.2) is 54.6 Å². The van der Waals surface area contributed by atoms with Crippen LogP contribution in [-0.2, 0) is 20.7 Å².